The van der Waals surface area contributed by atoms with Crippen molar-refractivity contribution < 1.29 is 9.59 Å². The molecule has 1 aromatic rings. The molecule has 1 atom stereocenters. The molecule has 0 aliphatic carbocycles. The number of imide groups is 1. The molecule has 1 aliphatic rings. The number of anilines is 1. The maximum absolute atomic E-state index is 12.1. The van der Waals surface area contributed by atoms with Crippen molar-refractivity contribution >= 4 is 40.9 Å². The lowest BCUT2D eigenvalue weighted by atomic mass is 10.3. The van der Waals surface area contributed by atoms with Gasteiger partial charge < -0.3 is 5.73 Å². The van der Waals surface area contributed by atoms with Crippen molar-refractivity contribution in [2.45, 2.75) is 11.7 Å². The molecule has 1 aromatic carbocycles. The molecule has 0 aromatic heterocycles. The van der Waals surface area contributed by atoms with Crippen molar-refractivity contribution in [3.63, 3.8) is 0 Å². The number of hydrogen-bond donors (Lipinski definition) is 1. The second-order valence-corrected chi connectivity index (χ2v) is 5.64. The molecule has 4 nitrogen and oxygen atoms in total. The van der Waals surface area contributed by atoms with Gasteiger partial charge in [0.05, 0.1) is 10.9 Å². The Balaban J connectivity index is 2.16. The molecule has 2 amide bonds. The summed E-state index contributed by atoms with van der Waals surface area (Å²) in [6.07, 6.45) is 0.242. The monoisotopic (exact) mass is 284 g/mol. The first kappa shape index (κ1) is 13.4. The van der Waals surface area contributed by atoms with Crippen LogP contribution in [0.15, 0.2) is 24.3 Å². The maximum atomic E-state index is 12.1. The number of carbonyl (C=O) groups is 2. The second-order valence-electron chi connectivity index (χ2n) is 3.90. The Morgan fingerprint density at radius 2 is 2.00 bits per heavy atom. The molecule has 1 saturated heterocycles. The summed E-state index contributed by atoms with van der Waals surface area (Å²) in [4.78, 5) is 25.2. The zero-order chi connectivity index (χ0) is 13.1. The molecule has 2 N–H and O–H groups in total. The highest BCUT2D eigenvalue weighted by Gasteiger charge is 2.39. The predicted octanol–water partition coefficient (Wildman–Crippen LogP) is 1.66. The summed E-state index contributed by atoms with van der Waals surface area (Å²) in [5.41, 5.74) is 5.98. The normalized spacial score (nSPS) is 19.7. The fourth-order valence-corrected chi connectivity index (χ4v) is 2.86. The summed E-state index contributed by atoms with van der Waals surface area (Å²) in [5, 5.41) is 0.267. The number of carbonyl (C=O) groups excluding carboxylic acids is 2. The number of amides is 2. The Hall–Kier alpha value is -1.04. The largest absolute Gasteiger partial charge is 0.330 e. The van der Waals surface area contributed by atoms with E-state index in [9.17, 15) is 9.59 Å². The van der Waals surface area contributed by atoms with E-state index in [4.69, 9.17) is 17.3 Å². The van der Waals surface area contributed by atoms with E-state index < -0.39 is 0 Å². The summed E-state index contributed by atoms with van der Waals surface area (Å²) in [6, 6.07) is 6.68. The van der Waals surface area contributed by atoms with Crippen molar-refractivity contribution in [1.82, 2.24) is 0 Å². The zero-order valence-corrected chi connectivity index (χ0v) is 11.2. The van der Waals surface area contributed by atoms with Crippen LogP contribution in [0.5, 0.6) is 0 Å². The van der Waals surface area contributed by atoms with Gasteiger partial charge in [-0.2, -0.15) is 0 Å². The van der Waals surface area contributed by atoms with Crippen LogP contribution in [-0.4, -0.2) is 29.4 Å². The van der Waals surface area contributed by atoms with Gasteiger partial charge in [-0.1, -0.05) is 11.6 Å². The third-order valence-corrected chi connectivity index (χ3v) is 4.12. The van der Waals surface area contributed by atoms with Crippen LogP contribution < -0.4 is 10.6 Å². The number of thioether (sulfide) groups is 1. The lowest BCUT2D eigenvalue weighted by Gasteiger charge is -2.14. The highest BCUT2D eigenvalue weighted by molar-refractivity contribution is 8.00. The lowest BCUT2D eigenvalue weighted by Crippen LogP contribution is -2.31. The predicted molar refractivity (Wildman–Crippen MR) is 73.9 cm³/mol. The van der Waals surface area contributed by atoms with Crippen molar-refractivity contribution in [3.05, 3.63) is 29.3 Å². The molecule has 96 valence electrons. The van der Waals surface area contributed by atoms with Crippen molar-refractivity contribution in [2.75, 3.05) is 17.2 Å². The summed E-state index contributed by atoms with van der Waals surface area (Å²) in [5.74, 6) is 0.343. The first-order chi connectivity index (χ1) is 8.63. The average molecular weight is 285 g/mol. The molecule has 0 spiro atoms. The van der Waals surface area contributed by atoms with Crippen molar-refractivity contribution in [2.24, 2.45) is 5.73 Å². The van der Waals surface area contributed by atoms with Gasteiger partial charge in [0, 0.05) is 23.7 Å². The molecular weight excluding hydrogens is 272 g/mol. The van der Waals surface area contributed by atoms with Gasteiger partial charge in [-0.25, -0.2) is 4.90 Å². The summed E-state index contributed by atoms with van der Waals surface area (Å²) >= 11 is 7.22. The molecule has 6 heteroatoms. The minimum atomic E-state index is -0.309. The Morgan fingerprint density at radius 1 is 1.33 bits per heavy atom. The highest BCUT2D eigenvalue weighted by atomic mass is 35.5. The Labute approximate surface area is 114 Å². The first-order valence-electron chi connectivity index (χ1n) is 5.57. The van der Waals surface area contributed by atoms with Gasteiger partial charge >= 0.3 is 0 Å². The van der Waals surface area contributed by atoms with Gasteiger partial charge in [0.25, 0.3) is 0 Å². The van der Waals surface area contributed by atoms with E-state index in [1.165, 1.54) is 16.7 Å². The van der Waals surface area contributed by atoms with E-state index in [0.717, 1.165) is 0 Å². The number of nitrogens with zero attached hydrogens (tertiary/aromatic N) is 1. The molecular formula is C12H13ClN2O2S. The van der Waals surface area contributed by atoms with Gasteiger partial charge in [0.2, 0.25) is 11.8 Å². The number of benzene rings is 1. The SMILES string of the molecule is NCCS[C@H]1CC(=O)N(c2ccc(Cl)cc2)C1=O. The third-order valence-electron chi connectivity index (χ3n) is 2.63. The van der Waals surface area contributed by atoms with E-state index in [1.54, 1.807) is 24.3 Å². The minimum Gasteiger partial charge on any atom is -0.330 e. The van der Waals surface area contributed by atoms with Crippen molar-refractivity contribution in [1.29, 1.82) is 0 Å². The zero-order valence-electron chi connectivity index (χ0n) is 9.64. The summed E-state index contributed by atoms with van der Waals surface area (Å²) in [7, 11) is 0. The molecule has 0 bridgehead atoms. The molecule has 1 aliphatic heterocycles. The Bertz CT molecular complexity index is 464. The standard InChI is InChI=1S/C12H13ClN2O2S/c13-8-1-3-9(4-2-8)15-11(16)7-10(12(15)17)18-6-5-14/h1-4,10H,5-7,14H2/t10-/m0/s1. The van der Waals surface area contributed by atoms with Crippen LogP contribution in [0, 0.1) is 0 Å². The van der Waals surface area contributed by atoms with E-state index in [-0.39, 0.29) is 23.5 Å². The molecule has 18 heavy (non-hydrogen) atoms. The van der Waals surface area contributed by atoms with Gasteiger partial charge in [-0.05, 0) is 24.3 Å². The van der Waals surface area contributed by atoms with Crippen LogP contribution in [0.4, 0.5) is 5.69 Å². The van der Waals surface area contributed by atoms with E-state index >= 15 is 0 Å². The number of rotatable bonds is 4. The van der Waals surface area contributed by atoms with Gasteiger partial charge in [0.1, 0.15) is 0 Å². The van der Waals surface area contributed by atoms with Crippen molar-refractivity contribution in [3.8, 4) is 0 Å². The summed E-state index contributed by atoms with van der Waals surface area (Å²) < 4.78 is 0. The average Bonchev–Trinajstić information content (AvgIpc) is 2.63. The van der Waals surface area contributed by atoms with Crippen LogP contribution >= 0.6 is 23.4 Å². The van der Waals surface area contributed by atoms with Crippen LogP contribution in [0.3, 0.4) is 0 Å². The Morgan fingerprint density at radius 3 is 2.61 bits per heavy atom. The van der Waals surface area contributed by atoms with E-state index in [2.05, 4.69) is 0 Å². The molecule has 1 fully saturated rings. The van der Waals surface area contributed by atoms with Crippen LogP contribution in [0.1, 0.15) is 6.42 Å². The molecule has 0 radical (unpaired) electrons. The van der Waals surface area contributed by atoms with E-state index in [0.29, 0.717) is 23.0 Å². The van der Waals surface area contributed by atoms with Crippen LogP contribution in [-0.2, 0) is 9.59 Å². The van der Waals surface area contributed by atoms with Gasteiger partial charge in [-0.15, -0.1) is 11.8 Å². The fourth-order valence-electron chi connectivity index (χ4n) is 1.81. The topological polar surface area (TPSA) is 63.4 Å². The lowest BCUT2D eigenvalue weighted by molar-refractivity contribution is -0.121. The number of hydrogen-bond acceptors (Lipinski definition) is 4. The summed E-state index contributed by atoms with van der Waals surface area (Å²) in [6.45, 7) is 0.504. The van der Waals surface area contributed by atoms with Crippen LogP contribution in [0.25, 0.3) is 0 Å². The van der Waals surface area contributed by atoms with Gasteiger partial charge in [-0.3, -0.25) is 9.59 Å². The number of nitrogens with two attached hydrogens (primary N) is 1. The molecule has 0 saturated carbocycles. The van der Waals surface area contributed by atoms with E-state index in [1.807, 2.05) is 0 Å². The smallest absolute Gasteiger partial charge is 0.247 e. The highest BCUT2D eigenvalue weighted by Crippen LogP contribution is 2.29. The third kappa shape index (κ3) is 2.68. The molecule has 2 rings (SSSR count). The van der Waals surface area contributed by atoms with Crippen LogP contribution in [0.2, 0.25) is 5.02 Å². The minimum absolute atomic E-state index is 0.166. The Kier molecular flexibility index (Phi) is 4.27. The second kappa shape index (κ2) is 5.73. The molecule has 0 unspecified atom stereocenters. The maximum Gasteiger partial charge on any atom is 0.247 e. The van der Waals surface area contributed by atoms with Gasteiger partial charge in [0.15, 0.2) is 0 Å². The quantitative estimate of drug-likeness (QED) is 0.854. The first-order valence-corrected chi connectivity index (χ1v) is 7.00. The fraction of sp³-hybridized carbons (Fsp3) is 0.333. The number of halogens is 1. The molecule has 1 heterocycles.